The summed E-state index contributed by atoms with van der Waals surface area (Å²) in [6.07, 6.45) is -9.97. The summed E-state index contributed by atoms with van der Waals surface area (Å²) in [5, 5.41) is -0.299. The molecular weight excluding hydrogens is 312 g/mol. The molecule has 0 aromatic heterocycles. The molecule has 0 spiro atoms. The molecule has 2 unspecified atom stereocenters. The van der Waals surface area contributed by atoms with E-state index in [1.807, 2.05) is 0 Å². The van der Waals surface area contributed by atoms with Crippen LogP contribution in [-0.4, -0.2) is 40.6 Å². The maximum Gasteiger partial charge on any atom is 0.409 e. The lowest BCUT2D eigenvalue weighted by Gasteiger charge is -2.39. The molecule has 2 heterocycles. The van der Waals surface area contributed by atoms with Gasteiger partial charge in [0, 0.05) is 17.5 Å². The van der Waals surface area contributed by atoms with Crippen molar-refractivity contribution in [2.45, 2.75) is 55.5 Å². The number of rotatable bonds is 1. The molecule has 0 N–H and O–H groups in total. The summed E-state index contributed by atoms with van der Waals surface area (Å²) in [4.78, 5) is 12.6. The van der Waals surface area contributed by atoms with Crippen molar-refractivity contribution in [3.8, 4) is 0 Å². The summed E-state index contributed by atoms with van der Waals surface area (Å²) >= 11 is 5.89. The largest absolute Gasteiger partial charge is 0.409 e. The highest BCUT2D eigenvalue weighted by Gasteiger charge is 2.63. The van der Waals surface area contributed by atoms with Gasteiger partial charge < -0.3 is 4.90 Å². The van der Waals surface area contributed by atoms with E-state index in [0.29, 0.717) is 12.8 Å². The summed E-state index contributed by atoms with van der Waals surface area (Å²) in [6, 6.07) is -1.23. The number of hydrogen-bond acceptors (Lipinski definition) is 1. The Kier molecular flexibility index (Phi) is 3.90. The molecule has 20 heavy (non-hydrogen) atoms. The fraction of sp³-hybridized carbons (Fsp3) is 0.909. The van der Waals surface area contributed by atoms with Crippen molar-refractivity contribution in [3.63, 3.8) is 0 Å². The zero-order valence-corrected chi connectivity index (χ0v) is 10.9. The van der Waals surface area contributed by atoms with E-state index < -0.39 is 36.3 Å². The number of amides is 1. The van der Waals surface area contributed by atoms with Crippen LogP contribution in [0.25, 0.3) is 0 Å². The van der Waals surface area contributed by atoms with Gasteiger partial charge in [0.25, 0.3) is 0 Å². The number of carbonyl (C=O) groups is 1. The van der Waals surface area contributed by atoms with Crippen molar-refractivity contribution in [1.29, 1.82) is 0 Å². The lowest BCUT2D eigenvalue weighted by molar-refractivity contribution is -0.278. The number of nitrogens with zero attached hydrogens (tertiary/aromatic N) is 1. The second kappa shape index (κ2) is 4.96. The molecule has 0 radical (unpaired) electrons. The van der Waals surface area contributed by atoms with Crippen LogP contribution in [0.1, 0.15) is 25.7 Å². The van der Waals surface area contributed by atoms with Crippen LogP contribution in [0, 0.1) is 5.92 Å². The Morgan fingerprint density at radius 3 is 1.75 bits per heavy atom. The Hall–Kier alpha value is -0.660. The highest BCUT2D eigenvalue weighted by Crippen LogP contribution is 2.45. The fourth-order valence-electron chi connectivity index (χ4n) is 3.09. The van der Waals surface area contributed by atoms with Crippen molar-refractivity contribution in [2.24, 2.45) is 5.92 Å². The van der Waals surface area contributed by atoms with Gasteiger partial charge in [-0.25, -0.2) is 0 Å². The molecule has 0 saturated carbocycles. The van der Waals surface area contributed by atoms with Gasteiger partial charge in [-0.2, -0.15) is 26.3 Å². The second-order valence-electron chi connectivity index (χ2n) is 5.22. The quantitative estimate of drug-likeness (QED) is 0.534. The van der Waals surface area contributed by atoms with Crippen LogP contribution < -0.4 is 0 Å². The van der Waals surface area contributed by atoms with Gasteiger partial charge in [0.1, 0.15) is 0 Å². The molecule has 1 amide bonds. The molecule has 0 aromatic carbocycles. The third kappa shape index (κ3) is 2.84. The Morgan fingerprint density at radius 2 is 1.40 bits per heavy atom. The highest BCUT2D eigenvalue weighted by atomic mass is 35.5. The lowest BCUT2D eigenvalue weighted by Crippen LogP contribution is -2.55. The molecule has 2 aliphatic rings. The van der Waals surface area contributed by atoms with Gasteiger partial charge in [-0.15, -0.1) is 11.6 Å². The Labute approximate surface area is 116 Å². The van der Waals surface area contributed by atoms with Crippen molar-refractivity contribution in [3.05, 3.63) is 0 Å². The SMILES string of the molecule is O=C(C(C(F)(F)F)C(F)(F)F)N1C2CCC1CC(Cl)C2. The minimum absolute atomic E-state index is 0.242. The molecule has 0 aliphatic carbocycles. The third-order valence-corrected chi connectivity index (χ3v) is 4.19. The zero-order valence-electron chi connectivity index (χ0n) is 10.1. The summed E-state index contributed by atoms with van der Waals surface area (Å²) in [6.45, 7) is 0. The third-order valence-electron chi connectivity index (χ3n) is 3.83. The molecule has 2 bridgehead atoms. The number of carbonyl (C=O) groups excluding carboxylic acids is 1. The number of piperidine rings is 1. The van der Waals surface area contributed by atoms with E-state index in [-0.39, 0.29) is 18.2 Å². The van der Waals surface area contributed by atoms with Crippen LogP contribution in [0.2, 0.25) is 0 Å². The summed E-state index contributed by atoms with van der Waals surface area (Å²) in [5.41, 5.74) is 0. The average molecular weight is 324 g/mol. The minimum atomic E-state index is -5.63. The van der Waals surface area contributed by atoms with E-state index >= 15 is 0 Å². The predicted molar refractivity (Wildman–Crippen MR) is 58.1 cm³/mol. The number of hydrogen-bond donors (Lipinski definition) is 0. The molecular formula is C11H12ClF6NO. The summed E-state index contributed by atoms with van der Waals surface area (Å²) in [7, 11) is 0. The van der Waals surface area contributed by atoms with Crippen molar-refractivity contribution < 1.29 is 31.1 Å². The van der Waals surface area contributed by atoms with Gasteiger partial charge in [-0.05, 0) is 25.7 Å². The van der Waals surface area contributed by atoms with Crippen LogP contribution in [0.15, 0.2) is 0 Å². The van der Waals surface area contributed by atoms with Gasteiger partial charge in [-0.3, -0.25) is 4.79 Å². The van der Waals surface area contributed by atoms with Crippen molar-refractivity contribution in [1.82, 2.24) is 4.90 Å². The molecule has 0 aromatic rings. The smallest absolute Gasteiger partial charge is 0.336 e. The van der Waals surface area contributed by atoms with Crippen LogP contribution in [0.4, 0.5) is 26.3 Å². The fourth-order valence-corrected chi connectivity index (χ4v) is 3.50. The first-order chi connectivity index (χ1) is 9.01. The molecule has 9 heteroatoms. The Bertz CT molecular complexity index is 367. The molecule has 2 atom stereocenters. The highest BCUT2D eigenvalue weighted by molar-refractivity contribution is 6.20. The zero-order chi connectivity index (χ0) is 15.3. The van der Waals surface area contributed by atoms with Crippen LogP contribution in [-0.2, 0) is 4.79 Å². The minimum Gasteiger partial charge on any atom is -0.336 e. The molecule has 2 fully saturated rings. The first-order valence-corrected chi connectivity index (χ1v) is 6.55. The van der Waals surface area contributed by atoms with E-state index in [1.54, 1.807) is 0 Å². The number of fused-ring (bicyclic) bond motifs is 2. The molecule has 2 aliphatic heterocycles. The van der Waals surface area contributed by atoms with E-state index in [0.717, 1.165) is 4.90 Å². The monoisotopic (exact) mass is 323 g/mol. The lowest BCUT2D eigenvalue weighted by atomic mass is 9.98. The van der Waals surface area contributed by atoms with E-state index in [4.69, 9.17) is 11.6 Å². The number of halogens is 7. The predicted octanol–water partition coefficient (Wildman–Crippen LogP) is 3.49. The van der Waals surface area contributed by atoms with E-state index in [2.05, 4.69) is 0 Å². The van der Waals surface area contributed by atoms with Crippen LogP contribution >= 0.6 is 11.6 Å². The summed E-state index contributed by atoms with van der Waals surface area (Å²) < 4.78 is 75.5. The van der Waals surface area contributed by atoms with Crippen LogP contribution in [0.5, 0.6) is 0 Å². The molecule has 2 rings (SSSR count). The maximum absolute atomic E-state index is 12.6. The van der Waals surface area contributed by atoms with Gasteiger partial charge >= 0.3 is 12.4 Å². The van der Waals surface area contributed by atoms with Crippen LogP contribution in [0.3, 0.4) is 0 Å². The molecule has 2 saturated heterocycles. The standard InChI is InChI=1S/C11H12ClF6NO/c12-5-3-6-1-2-7(4-5)19(6)9(20)8(10(13,14)15)11(16,17)18/h5-8H,1-4H2. The van der Waals surface area contributed by atoms with Crippen molar-refractivity contribution in [2.75, 3.05) is 0 Å². The Morgan fingerprint density at radius 1 is 1.00 bits per heavy atom. The first kappa shape index (κ1) is 15.7. The summed E-state index contributed by atoms with van der Waals surface area (Å²) in [5.74, 6) is -5.83. The molecule has 116 valence electrons. The van der Waals surface area contributed by atoms with Gasteiger partial charge in [-0.1, -0.05) is 0 Å². The van der Waals surface area contributed by atoms with Gasteiger partial charge in [0.15, 0.2) is 0 Å². The number of alkyl halides is 7. The first-order valence-electron chi connectivity index (χ1n) is 6.11. The Balaban J connectivity index is 2.26. The van der Waals surface area contributed by atoms with E-state index in [1.165, 1.54) is 0 Å². The second-order valence-corrected chi connectivity index (χ2v) is 5.83. The average Bonchev–Trinajstić information content (AvgIpc) is 2.46. The van der Waals surface area contributed by atoms with Gasteiger partial charge in [0.05, 0.1) is 0 Å². The normalized spacial score (nSPS) is 31.0. The topological polar surface area (TPSA) is 20.3 Å². The van der Waals surface area contributed by atoms with E-state index in [9.17, 15) is 31.1 Å². The van der Waals surface area contributed by atoms with Gasteiger partial charge in [0.2, 0.25) is 11.8 Å². The maximum atomic E-state index is 12.6. The van der Waals surface area contributed by atoms with Crippen molar-refractivity contribution >= 4 is 17.5 Å². The molecule has 2 nitrogen and oxygen atoms in total.